The Morgan fingerprint density at radius 3 is 2.83 bits per heavy atom. The number of phenolic OH excluding ortho intramolecular Hbond substituents is 1. The van der Waals surface area contributed by atoms with Crippen LogP contribution in [0.5, 0.6) is 5.75 Å². The smallest absolute Gasteiger partial charge is 0.200 e. The number of phenols is 1. The van der Waals surface area contributed by atoms with Gasteiger partial charge in [-0.05, 0) is 31.0 Å². The normalized spacial score (nSPS) is 17.2. The van der Waals surface area contributed by atoms with Crippen LogP contribution in [-0.2, 0) is 0 Å². The Morgan fingerprint density at radius 1 is 1.28 bits per heavy atom. The van der Waals surface area contributed by atoms with Gasteiger partial charge in [-0.3, -0.25) is 5.01 Å². The van der Waals surface area contributed by atoms with Crippen molar-refractivity contribution >= 4 is 26.7 Å². The SMILES string of the molecule is CN(c1nc2ccc(O)cc2s1)N1CCCCC1. The first kappa shape index (κ1) is 11.7. The van der Waals surface area contributed by atoms with E-state index < -0.39 is 0 Å². The Morgan fingerprint density at radius 2 is 2.06 bits per heavy atom. The van der Waals surface area contributed by atoms with E-state index in [1.165, 1.54) is 19.3 Å². The van der Waals surface area contributed by atoms with Crippen molar-refractivity contribution in [3.63, 3.8) is 0 Å². The lowest BCUT2D eigenvalue weighted by Gasteiger charge is -2.34. The molecular formula is C13H17N3OS. The van der Waals surface area contributed by atoms with Crippen LogP contribution in [0.25, 0.3) is 10.2 Å². The summed E-state index contributed by atoms with van der Waals surface area (Å²) in [7, 11) is 2.07. The van der Waals surface area contributed by atoms with E-state index in [2.05, 4.69) is 22.0 Å². The van der Waals surface area contributed by atoms with Crippen molar-refractivity contribution in [1.82, 2.24) is 9.99 Å². The second-order valence-electron chi connectivity index (χ2n) is 4.69. The molecule has 2 aromatic rings. The fourth-order valence-electron chi connectivity index (χ4n) is 2.34. The first-order valence-electron chi connectivity index (χ1n) is 6.32. The number of benzene rings is 1. The van der Waals surface area contributed by atoms with Crippen LogP contribution in [0.1, 0.15) is 19.3 Å². The maximum atomic E-state index is 9.48. The zero-order valence-electron chi connectivity index (χ0n) is 10.5. The number of anilines is 1. The molecule has 0 saturated carbocycles. The molecule has 0 spiro atoms. The number of piperidine rings is 1. The van der Waals surface area contributed by atoms with Crippen molar-refractivity contribution < 1.29 is 5.11 Å². The number of nitrogens with zero attached hydrogens (tertiary/aromatic N) is 3. The van der Waals surface area contributed by atoms with Crippen molar-refractivity contribution in [2.24, 2.45) is 0 Å². The summed E-state index contributed by atoms with van der Waals surface area (Å²) in [5.74, 6) is 0.304. The number of thiazole rings is 1. The van der Waals surface area contributed by atoms with Crippen molar-refractivity contribution in [1.29, 1.82) is 0 Å². The Labute approximate surface area is 110 Å². The number of hydrazine groups is 1. The highest BCUT2D eigenvalue weighted by atomic mass is 32.1. The van der Waals surface area contributed by atoms with Crippen LogP contribution in [0.3, 0.4) is 0 Å². The van der Waals surface area contributed by atoms with Gasteiger partial charge in [0.05, 0.1) is 10.2 Å². The van der Waals surface area contributed by atoms with Gasteiger partial charge in [0.25, 0.3) is 0 Å². The predicted molar refractivity (Wildman–Crippen MR) is 75.1 cm³/mol. The van der Waals surface area contributed by atoms with Crippen LogP contribution in [0.15, 0.2) is 18.2 Å². The van der Waals surface area contributed by atoms with Gasteiger partial charge in [-0.2, -0.15) is 0 Å². The molecule has 0 amide bonds. The topological polar surface area (TPSA) is 39.6 Å². The summed E-state index contributed by atoms with van der Waals surface area (Å²) in [6.45, 7) is 2.22. The van der Waals surface area contributed by atoms with Crippen LogP contribution in [0, 0.1) is 0 Å². The number of aromatic nitrogens is 1. The summed E-state index contributed by atoms with van der Waals surface area (Å²) in [6.07, 6.45) is 3.85. The molecule has 1 aromatic heterocycles. The lowest BCUT2D eigenvalue weighted by Crippen LogP contribution is -2.43. The fraction of sp³-hybridized carbons (Fsp3) is 0.462. The molecule has 96 valence electrons. The molecule has 1 saturated heterocycles. The largest absolute Gasteiger partial charge is 0.508 e. The number of fused-ring (bicyclic) bond motifs is 1. The lowest BCUT2D eigenvalue weighted by atomic mass is 10.2. The third-order valence-electron chi connectivity index (χ3n) is 3.39. The average Bonchev–Trinajstić information content (AvgIpc) is 2.81. The average molecular weight is 263 g/mol. The third kappa shape index (κ3) is 2.15. The van der Waals surface area contributed by atoms with E-state index in [4.69, 9.17) is 0 Å². The van der Waals surface area contributed by atoms with Gasteiger partial charge in [0, 0.05) is 20.1 Å². The Kier molecular flexibility index (Phi) is 3.09. The van der Waals surface area contributed by atoms with E-state index in [9.17, 15) is 5.11 Å². The number of aromatic hydroxyl groups is 1. The Balaban J connectivity index is 1.88. The van der Waals surface area contributed by atoms with Crippen molar-refractivity contribution in [3.05, 3.63) is 18.2 Å². The van der Waals surface area contributed by atoms with Crippen LogP contribution >= 0.6 is 11.3 Å². The molecule has 4 nitrogen and oxygen atoms in total. The summed E-state index contributed by atoms with van der Waals surface area (Å²) in [5.41, 5.74) is 0.955. The van der Waals surface area contributed by atoms with Gasteiger partial charge in [-0.1, -0.05) is 17.8 Å². The summed E-state index contributed by atoms with van der Waals surface area (Å²) < 4.78 is 1.04. The first-order valence-corrected chi connectivity index (χ1v) is 7.14. The molecule has 1 aromatic carbocycles. The molecule has 0 atom stereocenters. The van der Waals surface area contributed by atoms with Gasteiger partial charge in [-0.25, -0.2) is 9.99 Å². The van der Waals surface area contributed by atoms with E-state index in [1.54, 1.807) is 23.5 Å². The minimum Gasteiger partial charge on any atom is -0.508 e. The van der Waals surface area contributed by atoms with Crippen LogP contribution in [0.2, 0.25) is 0 Å². The van der Waals surface area contributed by atoms with Gasteiger partial charge in [0.1, 0.15) is 5.75 Å². The first-order chi connectivity index (χ1) is 8.74. The molecule has 0 bridgehead atoms. The highest BCUT2D eigenvalue weighted by Crippen LogP contribution is 2.31. The minimum atomic E-state index is 0.304. The number of hydrogen-bond donors (Lipinski definition) is 1. The maximum absolute atomic E-state index is 9.48. The van der Waals surface area contributed by atoms with Crippen LogP contribution in [-0.4, -0.2) is 35.2 Å². The molecule has 0 unspecified atom stereocenters. The zero-order valence-corrected chi connectivity index (χ0v) is 11.3. The summed E-state index contributed by atoms with van der Waals surface area (Å²) >= 11 is 1.63. The molecule has 2 heterocycles. The summed E-state index contributed by atoms with van der Waals surface area (Å²) in [6, 6.07) is 5.34. The molecule has 1 fully saturated rings. The summed E-state index contributed by atoms with van der Waals surface area (Å²) in [4.78, 5) is 4.62. The van der Waals surface area contributed by atoms with E-state index in [0.29, 0.717) is 5.75 Å². The zero-order chi connectivity index (χ0) is 12.5. The molecule has 18 heavy (non-hydrogen) atoms. The lowest BCUT2D eigenvalue weighted by molar-refractivity contribution is 0.220. The number of rotatable bonds is 2. The van der Waals surface area contributed by atoms with Gasteiger partial charge in [0.2, 0.25) is 5.13 Å². The van der Waals surface area contributed by atoms with Crippen LogP contribution in [0.4, 0.5) is 5.13 Å². The second kappa shape index (κ2) is 4.74. The molecule has 1 N–H and O–H groups in total. The second-order valence-corrected chi connectivity index (χ2v) is 5.70. The molecule has 1 aliphatic heterocycles. The summed E-state index contributed by atoms with van der Waals surface area (Å²) in [5, 5.41) is 15.0. The Hall–Kier alpha value is -1.33. The van der Waals surface area contributed by atoms with Gasteiger partial charge < -0.3 is 5.11 Å². The third-order valence-corrected chi connectivity index (χ3v) is 4.48. The molecule has 0 aliphatic carbocycles. The van der Waals surface area contributed by atoms with Crippen molar-refractivity contribution in [3.8, 4) is 5.75 Å². The molecule has 1 aliphatic rings. The Bertz CT molecular complexity index is 548. The molecule has 5 heteroatoms. The quantitative estimate of drug-likeness (QED) is 0.904. The highest BCUT2D eigenvalue weighted by Gasteiger charge is 2.18. The predicted octanol–water partition coefficient (Wildman–Crippen LogP) is 2.84. The van der Waals surface area contributed by atoms with E-state index in [1.807, 2.05) is 6.07 Å². The van der Waals surface area contributed by atoms with E-state index in [-0.39, 0.29) is 0 Å². The molecule has 0 radical (unpaired) electrons. The van der Waals surface area contributed by atoms with Gasteiger partial charge >= 0.3 is 0 Å². The monoisotopic (exact) mass is 263 g/mol. The fourth-order valence-corrected chi connectivity index (χ4v) is 3.32. The maximum Gasteiger partial charge on any atom is 0.200 e. The number of hydrogen-bond acceptors (Lipinski definition) is 5. The van der Waals surface area contributed by atoms with Crippen molar-refractivity contribution in [2.45, 2.75) is 19.3 Å². The standard InChI is InChI=1S/C13H17N3OS/c1-15(16-7-3-2-4-8-16)13-14-11-6-5-10(17)9-12(11)18-13/h5-6,9,17H,2-4,7-8H2,1H3. The van der Waals surface area contributed by atoms with Gasteiger partial charge in [-0.15, -0.1) is 0 Å². The molecular weight excluding hydrogens is 246 g/mol. The van der Waals surface area contributed by atoms with E-state index >= 15 is 0 Å². The van der Waals surface area contributed by atoms with E-state index in [0.717, 1.165) is 28.4 Å². The molecule has 3 rings (SSSR count). The van der Waals surface area contributed by atoms with Crippen molar-refractivity contribution in [2.75, 3.05) is 25.1 Å². The van der Waals surface area contributed by atoms with Crippen LogP contribution < -0.4 is 5.01 Å². The highest BCUT2D eigenvalue weighted by molar-refractivity contribution is 7.22. The minimum absolute atomic E-state index is 0.304. The van der Waals surface area contributed by atoms with Gasteiger partial charge in [0.15, 0.2) is 0 Å².